The largest absolute Gasteiger partial charge is 0.420 e. The molecular weight excluding hydrogens is 381 g/mol. The highest BCUT2D eigenvalue weighted by Gasteiger charge is 2.42. The zero-order chi connectivity index (χ0) is 21.3. The molecule has 0 aliphatic heterocycles. The number of nitrogens with zero attached hydrogens (tertiary/aromatic N) is 2. The standard InChI is InChI=1S/C22H29F3N2O2/c1-15(28)7-6-10-20(2)11-13-21(3,14-12-20)19-27-26-18(29-19)16-8-4-5-9-17(16)22(23,24)25/h4-5,8-9,15,28H,6-7,10-14H2,1-3H3. The van der Waals surface area contributed by atoms with Crippen LogP contribution in [0, 0.1) is 5.41 Å². The molecule has 1 N–H and O–H groups in total. The van der Waals surface area contributed by atoms with Gasteiger partial charge in [-0.3, -0.25) is 0 Å². The van der Waals surface area contributed by atoms with Gasteiger partial charge in [0.15, 0.2) is 0 Å². The van der Waals surface area contributed by atoms with Gasteiger partial charge in [-0.25, -0.2) is 0 Å². The van der Waals surface area contributed by atoms with E-state index in [4.69, 9.17) is 4.42 Å². The molecule has 0 bridgehead atoms. The normalized spacial score (nSPS) is 26.4. The van der Waals surface area contributed by atoms with E-state index in [2.05, 4.69) is 24.0 Å². The minimum absolute atomic E-state index is 0.0823. The van der Waals surface area contributed by atoms with E-state index >= 15 is 0 Å². The van der Waals surface area contributed by atoms with Gasteiger partial charge in [-0.1, -0.05) is 32.4 Å². The second-order valence-corrected chi connectivity index (χ2v) is 9.07. The van der Waals surface area contributed by atoms with Crippen molar-refractivity contribution in [2.24, 2.45) is 5.41 Å². The third kappa shape index (κ3) is 5.00. The Morgan fingerprint density at radius 3 is 2.38 bits per heavy atom. The van der Waals surface area contributed by atoms with Crippen molar-refractivity contribution in [3.05, 3.63) is 35.7 Å². The lowest BCUT2D eigenvalue weighted by molar-refractivity contribution is -0.137. The summed E-state index contributed by atoms with van der Waals surface area (Å²) in [5.74, 6) is 0.329. The van der Waals surface area contributed by atoms with Gasteiger partial charge >= 0.3 is 6.18 Å². The lowest BCUT2D eigenvalue weighted by atomic mass is 9.63. The van der Waals surface area contributed by atoms with Crippen molar-refractivity contribution in [2.75, 3.05) is 0 Å². The Balaban J connectivity index is 1.73. The fourth-order valence-electron chi connectivity index (χ4n) is 4.19. The minimum Gasteiger partial charge on any atom is -0.420 e. The summed E-state index contributed by atoms with van der Waals surface area (Å²) in [6, 6.07) is 5.28. The summed E-state index contributed by atoms with van der Waals surface area (Å²) >= 11 is 0. The van der Waals surface area contributed by atoms with Crippen LogP contribution in [0.1, 0.15) is 77.2 Å². The Labute approximate surface area is 169 Å². The Bertz CT molecular complexity index is 821. The predicted octanol–water partition coefficient (Wildman–Crippen LogP) is 6.14. The monoisotopic (exact) mass is 410 g/mol. The zero-order valence-corrected chi connectivity index (χ0v) is 17.2. The Hall–Kier alpha value is -1.89. The van der Waals surface area contributed by atoms with E-state index in [9.17, 15) is 18.3 Å². The van der Waals surface area contributed by atoms with Gasteiger partial charge in [0.25, 0.3) is 0 Å². The molecule has 0 saturated heterocycles. The number of rotatable bonds is 6. The van der Waals surface area contributed by atoms with Crippen molar-refractivity contribution in [2.45, 2.75) is 83.4 Å². The molecule has 1 fully saturated rings. The molecule has 1 unspecified atom stereocenters. The first kappa shape index (κ1) is 21.8. The molecular formula is C22H29F3N2O2. The second kappa shape index (κ2) is 8.09. The van der Waals surface area contributed by atoms with E-state index in [-0.39, 0.29) is 28.4 Å². The molecule has 0 amide bonds. The summed E-state index contributed by atoms with van der Waals surface area (Å²) < 4.78 is 45.7. The molecule has 1 aromatic heterocycles. The molecule has 3 rings (SSSR count). The van der Waals surface area contributed by atoms with Crippen LogP contribution in [0.4, 0.5) is 13.2 Å². The summed E-state index contributed by atoms with van der Waals surface area (Å²) in [5.41, 5.74) is -0.974. The van der Waals surface area contributed by atoms with Gasteiger partial charge in [-0.05, 0) is 63.0 Å². The van der Waals surface area contributed by atoms with Gasteiger partial charge in [-0.15, -0.1) is 10.2 Å². The van der Waals surface area contributed by atoms with Gasteiger partial charge in [0.1, 0.15) is 0 Å². The SMILES string of the molecule is CC(O)CCCC1(C)CCC(C)(c2nnc(-c3ccccc3C(F)(F)F)o2)CC1. The van der Waals surface area contributed by atoms with Crippen LogP contribution in [0.2, 0.25) is 0 Å². The molecule has 1 aliphatic carbocycles. The molecule has 160 valence electrons. The fraction of sp³-hybridized carbons (Fsp3) is 0.636. The minimum atomic E-state index is -4.48. The van der Waals surface area contributed by atoms with Crippen molar-refractivity contribution in [1.82, 2.24) is 10.2 Å². The van der Waals surface area contributed by atoms with Crippen LogP contribution in [0.5, 0.6) is 0 Å². The first-order valence-electron chi connectivity index (χ1n) is 10.2. The molecule has 1 heterocycles. The van der Waals surface area contributed by atoms with Crippen molar-refractivity contribution in [3.63, 3.8) is 0 Å². The first-order chi connectivity index (χ1) is 13.5. The molecule has 29 heavy (non-hydrogen) atoms. The lowest BCUT2D eigenvalue weighted by Crippen LogP contribution is -2.34. The van der Waals surface area contributed by atoms with Crippen LogP contribution >= 0.6 is 0 Å². The maximum atomic E-state index is 13.3. The third-order valence-corrected chi connectivity index (χ3v) is 6.37. The maximum absolute atomic E-state index is 13.3. The van der Waals surface area contributed by atoms with Gasteiger partial charge < -0.3 is 9.52 Å². The van der Waals surface area contributed by atoms with Crippen LogP contribution in [-0.4, -0.2) is 21.4 Å². The Morgan fingerprint density at radius 2 is 1.76 bits per heavy atom. The van der Waals surface area contributed by atoms with Crippen LogP contribution in [0.25, 0.3) is 11.5 Å². The summed E-state index contributed by atoms with van der Waals surface area (Å²) in [7, 11) is 0. The van der Waals surface area contributed by atoms with Crippen LogP contribution in [0.15, 0.2) is 28.7 Å². The van der Waals surface area contributed by atoms with Crippen molar-refractivity contribution in [3.8, 4) is 11.5 Å². The number of alkyl halides is 3. The van der Waals surface area contributed by atoms with E-state index < -0.39 is 11.7 Å². The molecule has 1 saturated carbocycles. The maximum Gasteiger partial charge on any atom is 0.417 e. The van der Waals surface area contributed by atoms with E-state index in [1.165, 1.54) is 18.2 Å². The zero-order valence-electron chi connectivity index (χ0n) is 17.2. The number of aliphatic hydroxyl groups is 1. The molecule has 1 aliphatic rings. The number of hydrogen-bond donors (Lipinski definition) is 1. The van der Waals surface area contributed by atoms with Gasteiger partial charge in [0.05, 0.1) is 17.2 Å². The van der Waals surface area contributed by atoms with E-state index in [1.807, 2.05) is 6.92 Å². The number of halogens is 3. The topological polar surface area (TPSA) is 59.2 Å². The molecule has 0 radical (unpaired) electrons. The summed E-state index contributed by atoms with van der Waals surface area (Å²) in [6.07, 6.45) is 1.77. The summed E-state index contributed by atoms with van der Waals surface area (Å²) in [4.78, 5) is 0. The molecule has 1 aromatic carbocycles. The first-order valence-corrected chi connectivity index (χ1v) is 10.2. The number of hydrogen-bond acceptors (Lipinski definition) is 4. The average Bonchev–Trinajstić information content (AvgIpc) is 3.14. The van der Waals surface area contributed by atoms with Crippen molar-refractivity contribution < 1.29 is 22.7 Å². The second-order valence-electron chi connectivity index (χ2n) is 9.07. The number of benzene rings is 1. The molecule has 0 spiro atoms. The Morgan fingerprint density at radius 1 is 1.10 bits per heavy atom. The highest BCUT2D eigenvalue weighted by atomic mass is 19.4. The molecule has 2 aromatic rings. The third-order valence-electron chi connectivity index (χ3n) is 6.37. The van der Waals surface area contributed by atoms with Gasteiger partial charge in [0, 0.05) is 5.41 Å². The molecule has 7 heteroatoms. The lowest BCUT2D eigenvalue weighted by Gasteiger charge is -2.41. The van der Waals surface area contributed by atoms with Gasteiger partial charge in [-0.2, -0.15) is 13.2 Å². The highest BCUT2D eigenvalue weighted by Crippen LogP contribution is 2.49. The van der Waals surface area contributed by atoms with Crippen LogP contribution < -0.4 is 0 Å². The Kier molecular flexibility index (Phi) is 6.08. The van der Waals surface area contributed by atoms with Crippen LogP contribution in [-0.2, 0) is 11.6 Å². The van der Waals surface area contributed by atoms with Gasteiger partial charge in [0.2, 0.25) is 11.8 Å². The molecule has 4 nitrogen and oxygen atoms in total. The summed E-state index contributed by atoms with van der Waals surface area (Å²) in [5, 5.41) is 17.5. The van der Waals surface area contributed by atoms with Crippen molar-refractivity contribution >= 4 is 0 Å². The molecule has 1 atom stereocenters. The van der Waals surface area contributed by atoms with E-state index in [0.29, 0.717) is 5.89 Å². The number of aliphatic hydroxyl groups excluding tert-OH is 1. The van der Waals surface area contributed by atoms with Crippen molar-refractivity contribution in [1.29, 1.82) is 0 Å². The number of aromatic nitrogens is 2. The average molecular weight is 410 g/mol. The smallest absolute Gasteiger partial charge is 0.417 e. The quantitative estimate of drug-likeness (QED) is 0.621. The van der Waals surface area contributed by atoms with Crippen LogP contribution in [0.3, 0.4) is 0 Å². The van der Waals surface area contributed by atoms with E-state index in [1.54, 1.807) is 0 Å². The predicted molar refractivity (Wildman–Crippen MR) is 104 cm³/mol. The summed E-state index contributed by atoms with van der Waals surface area (Å²) in [6.45, 7) is 6.13. The van der Waals surface area contributed by atoms with E-state index in [0.717, 1.165) is 51.0 Å². The highest BCUT2D eigenvalue weighted by molar-refractivity contribution is 5.59. The fourth-order valence-corrected chi connectivity index (χ4v) is 4.19.